The Morgan fingerprint density at radius 2 is 1.71 bits per heavy atom. The van der Waals surface area contributed by atoms with Crippen molar-refractivity contribution in [2.75, 3.05) is 0 Å². The first-order valence-corrected chi connectivity index (χ1v) is 6.94. The molecule has 21 heavy (non-hydrogen) atoms. The fourth-order valence-electron chi connectivity index (χ4n) is 2.51. The fraction of sp³-hybridized carbons (Fsp3) is 0.176. The summed E-state index contributed by atoms with van der Waals surface area (Å²) in [5, 5.41) is 13.8. The van der Waals surface area contributed by atoms with Gasteiger partial charge in [0.25, 0.3) is 5.91 Å². The Kier molecular flexibility index (Phi) is 3.69. The smallest absolute Gasteiger partial charge is 0.275 e. The van der Waals surface area contributed by atoms with Gasteiger partial charge in [0, 0.05) is 12.1 Å². The molecule has 1 aliphatic carbocycles. The predicted molar refractivity (Wildman–Crippen MR) is 81.5 cm³/mol. The van der Waals surface area contributed by atoms with E-state index in [0.29, 0.717) is 0 Å². The molecule has 0 bridgehead atoms. The molecule has 0 heterocycles. The lowest BCUT2D eigenvalue weighted by Crippen LogP contribution is -2.22. The third-order valence-corrected chi connectivity index (χ3v) is 3.66. The molecular weight excluding hydrogens is 264 g/mol. The van der Waals surface area contributed by atoms with Crippen molar-refractivity contribution in [1.29, 1.82) is 0 Å². The summed E-state index contributed by atoms with van der Waals surface area (Å²) in [4.78, 5) is 12.0. The van der Waals surface area contributed by atoms with Crippen LogP contribution in [0.5, 0.6) is 5.75 Å². The van der Waals surface area contributed by atoms with Crippen LogP contribution in [0.1, 0.15) is 27.9 Å². The standard InChI is InChI=1S/C17H16N2O2/c20-16-8-4-3-7-15(16)17(21)19-18-14-10-9-12-5-1-2-6-13(12)11-14/h1-8,20H,9-11H2,(H,19,21)/b18-14-. The minimum atomic E-state index is -0.389. The zero-order valence-electron chi connectivity index (χ0n) is 11.5. The molecule has 0 atom stereocenters. The molecule has 106 valence electrons. The highest BCUT2D eigenvalue weighted by molar-refractivity contribution is 5.98. The van der Waals surface area contributed by atoms with Crippen LogP contribution in [-0.2, 0) is 12.8 Å². The third kappa shape index (κ3) is 2.94. The number of aromatic hydroxyl groups is 1. The lowest BCUT2D eigenvalue weighted by atomic mass is 9.90. The quantitative estimate of drug-likeness (QED) is 0.831. The van der Waals surface area contributed by atoms with Crippen LogP contribution >= 0.6 is 0 Å². The third-order valence-electron chi connectivity index (χ3n) is 3.66. The number of hydrazone groups is 1. The monoisotopic (exact) mass is 280 g/mol. The van der Waals surface area contributed by atoms with Crippen LogP contribution in [0.3, 0.4) is 0 Å². The van der Waals surface area contributed by atoms with Crippen molar-refractivity contribution >= 4 is 11.6 Å². The minimum absolute atomic E-state index is 0.0378. The summed E-state index contributed by atoms with van der Waals surface area (Å²) in [5.41, 5.74) is 6.33. The van der Waals surface area contributed by atoms with Gasteiger partial charge in [-0.2, -0.15) is 5.10 Å². The Morgan fingerprint density at radius 3 is 2.52 bits per heavy atom. The summed E-state index contributed by atoms with van der Waals surface area (Å²) in [6.45, 7) is 0. The number of hydrogen-bond donors (Lipinski definition) is 2. The zero-order chi connectivity index (χ0) is 14.7. The number of phenols is 1. The average Bonchev–Trinajstić information content (AvgIpc) is 2.53. The molecule has 1 amide bonds. The van der Waals surface area contributed by atoms with Gasteiger partial charge in [0.2, 0.25) is 0 Å². The molecule has 2 aromatic rings. The Labute approximate surface area is 123 Å². The SMILES string of the molecule is O=C(N/N=C1/CCc2ccccc2C1)c1ccccc1O. The molecule has 0 fully saturated rings. The molecule has 1 aliphatic rings. The molecule has 3 rings (SSSR count). The molecule has 4 nitrogen and oxygen atoms in total. The van der Waals surface area contributed by atoms with E-state index in [9.17, 15) is 9.90 Å². The molecule has 0 radical (unpaired) electrons. The Hall–Kier alpha value is -2.62. The number of fused-ring (bicyclic) bond motifs is 1. The van der Waals surface area contributed by atoms with Gasteiger partial charge in [-0.25, -0.2) is 5.43 Å². The van der Waals surface area contributed by atoms with Crippen LogP contribution in [0.4, 0.5) is 0 Å². The van der Waals surface area contributed by atoms with Crippen molar-refractivity contribution < 1.29 is 9.90 Å². The molecule has 2 N–H and O–H groups in total. The van der Waals surface area contributed by atoms with Crippen LogP contribution in [0, 0.1) is 0 Å². The first-order valence-electron chi connectivity index (χ1n) is 6.94. The Morgan fingerprint density at radius 1 is 1.00 bits per heavy atom. The summed E-state index contributed by atoms with van der Waals surface area (Å²) in [5.74, 6) is -0.427. The topological polar surface area (TPSA) is 61.7 Å². The number of para-hydroxylation sites is 1. The van der Waals surface area contributed by atoms with Crippen LogP contribution in [0.25, 0.3) is 0 Å². The average molecular weight is 280 g/mol. The van der Waals surface area contributed by atoms with Gasteiger partial charge in [-0.05, 0) is 36.1 Å². The number of amides is 1. The number of hydrogen-bond acceptors (Lipinski definition) is 3. The molecule has 0 spiro atoms. The second-order valence-corrected chi connectivity index (χ2v) is 5.08. The molecule has 0 saturated heterocycles. The lowest BCUT2D eigenvalue weighted by molar-refractivity contribution is 0.0952. The second kappa shape index (κ2) is 5.79. The highest BCUT2D eigenvalue weighted by Crippen LogP contribution is 2.19. The Balaban J connectivity index is 1.70. The molecular formula is C17H16N2O2. The first-order chi connectivity index (χ1) is 10.2. The molecule has 2 aromatic carbocycles. The summed E-state index contributed by atoms with van der Waals surface area (Å²) in [7, 11) is 0. The van der Waals surface area contributed by atoms with Gasteiger partial charge in [-0.1, -0.05) is 36.4 Å². The van der Waals surface area contributed by atoms with E-state index in [0.717, 1.165) is 25.0 Å². The number of carbonyl (C=O) groups excluding carboxylic acids is 1. The number of rotatable bonds is 2. The summed E-state index contributed by atoms with van der Waals surface area (Å²) in [6, 6.07) is 14.7. The normalized spacial score (nSPS) is 15.5. The molecule has 0 unspecified atom stereocenters. The van der Waals surface area contributed by atoms with E-state index >= 15 is 0 Å². The summed E-state index contributed by atoms with van der Waals surface area (Å²) < 4.78 is 0. The maximum absolute atomic E-state index is 12.0. The van der Waals surface area contributed by atoms with E-state index in [1.807, 2.05) is 12.1 Å². The minimum Gasteiger partial charge on any atom is -0.507 e. The van der Waals surface area contributed by atoms with Gasteiger partial charge in [-0.3, -0.25) is 4.79 Å². The van der Waals surface area contributed by atoms with Gasteiger partial charge in [0.05, 0.1) is 5.56 Å². The van der Waals surface area contributed by atoms with Gasteiger partial charge in [-0.15, -0.1) is 0 Å². The van der Waals surface area contributed by atoms with Gasteiger partial charge >= 0.3 is 0 Å². The number of aryl methyl sites for hydroxylation is 1. The largest absolute Gasteiger partial charge is 0.507 e. The lowest BCUT2D eigenvalue weighted by Gasteiger charge is -2.17. The van der Waals surface area contributed by atoms with Gasteiger partial charge in [0.15, 0.2) is 0 Å². The number of phenolic OH excluding ortho intramolecular Hbond substituents is 1. The van der Waals surface area contributed by atoms with Crippen molar-refractivity contribution in [2.24, 2.45) is 5.10 Å². The van der Waals surface area contributed by atoms with Crippen LogP contribution < -0.4 is 5.43 Å². The number of carbonyl (C=O) groups is 1. The van der Waals surface area contributed by atoms with Gasteiger partial charge in [0.1, 0.15) is 5.75 Å². The summed E-state index contributed by atoms with van der Waals surface area (Å²) in [6.07, 6.45) is 2.55. The first kappa shape index (κ1) is 13.4. The second-order valence-electron chi connectivity index (χ2n) is 5.08. The van der Waals surface area contributed by atoms with Gasteiger partial charge < -0.3 is 5.11 Å². The maximum Gasteiger partial charge on any atom is 0.275 e. The van der Waals surface area contributed by atoms with E-state index in [4.69, 9.17) is 0 Å². The molecule has 0 aliphatic heterocycles. The zero-order valence-corrected chi connectivity index (χ0v) is 11.5. The maximum atomic E-state index is 12.0. The van der Waals surface area contributed by atoms with E-state index in [1.165, 1.54) is 17.2 Å². The fourth-order valence-corrected chi connectivity index (χ4v) is 2.51. The van der Waals surface area contributed by atoms with E-state index in [2.05, 4.69) is 22.7 Å². The van der Waals surface area contributed by atoms with Crippen molar-refractivity contribution in [1.82, 2.24) is 5.43 Å². The molecule has 0 saturated carbocycles. The van der Waals surface area contributed by atoms with Crippen LogP contribution in [-0.4, -0.2) is 16.7 Å². The van der Waals surface area contributed by atoms with E-state index in [-0.39, 0.29) is 17.2 Å². The summed E-state index contributed by atoms with van der Waals surface area (Å²) >= 11 is 0. The van der Waals surface area contributed by atoms with E-state index < -0.39 is 0 Å². The molecule has 4 heteroatoms. The molecule has 0 aromatic heterocycles. The van der Waals surface area contributed by atoms with Crippen LogP contribution in [0.2, 0.25) is 0 Å². The highest BCUT2D eigenvalue weighted by Gasteiger charge is 2.14. The Bertz CT molecular complexity index is 707. The van der Waals surface area contributed by atoms with E-state index in [1.54, 1.807) is 18.2 Å². The van der Waals surface area contributed by atoms with Crippen molar-refractivity contribution in [3.8, 4) is 5.75 Å². The van der Waals surface area contributed by atoms with Crippen LogP contribution in [0.15, 0.2) is 53.6 Å². The van der Waals surface area contributed by atoms with Crippen molar-refractivity contribution in [2.45, 2.75) is 19.3 Å². The predicted octanol–water partition coefficient (Wildman–Crippen LogP) is 2.67. The number of nitrogens with one attached hydrogen (secondary N) is 1. The number of benzene rings is 2. The van der Waals surface area contributed by atoms with Crippen molar-refractivity contribution in [3.63, 3.8) is 0 Å². The number of nitrogens with zero attached hydrogens (tertiary/aromatic N) is 1. The highest BCUT2D eigenvalue weighted by atomic mass is 16.3. The van der Waals surface area contributed by atoms with Crippen molar-refractivity contribution in [3.05, 3.63) is 65.2 Å².